The molecule has 4 rings (SSSR count). The Morgan fingerprint density at radius 1 is 1.00 bits per heavy atom. The number of rotatable bonds is 4. The van der Waals surface area contributed by atoms with Crippen LogP contribution >= 0.6 is 22.9 Å². The third-order valence-electron chi connectivity index (χ3n) is 4.80. The van der Waals surface area contributed by atoms with Gasteiger partial charge in [-0.25, -0.2) is 13.4 Å². The summed E-state index contributed by atoms with van der Waals surface area (Å²) in [6.07, 6.45) is 0. The molecule has 0 bridgehead atoms. The zero-order chi connectivity index (χ0) is 19.7. The second-order valence-corrected chi connectivity index (χ2v) is 9.85. The predicted octanol–water partition coefficient (Wildman–Crippen LogP) is 4.28. The third-order valence-corrected chi connectivity index (χ3v) is 8.10. The molecule has 1 fully saturated rings. The van der Waals surface area contributed by atoms with Crippen LogP contribution < -0.4 is 4.90 Å². The minimum absolute atomic E-state index is 0.168. The van der Waals surface area contributed by atoms with Crippen molar-refractivity contribution in [3.05, 3.63) is 64.5 Å². The van der Waals surface area contributed by atoms with E-state index in [2.05, 4.69) is 36.1 Å². The zero-order valence-corrected chi connectivity index (χ0v) is 17.8. The van der Waals surface area contributed by atoms with Crippen LogP contribution in [-0.4, -0.2) is 43.9 Å². The number of anilines is 1. The molecule has 3 aromatic rings. The molecule has 1 aliphatic heterocycles. The van der Waals surface area contributed by atoms with Gasteiger partial charge in [-0.1, -0.05) is 53.6 Å². The predicted molar refractivity (Wildman–Crippen MR) is 115 cm³/mol. The molecule has 0 N–H and O–H groups in total. The third kappa shape index (κ3) is 3.80. The van der Waals surface area contributed by atoms with E-state index in [1.54, 1.807) is 35.6 Å². The maximum absolute atomic E-state index is 12.9. The normalized spacial score (nSPS) is 15.7. The van der Waals surface area contributed by atoms with Gasteiger partial charge in [0.2, 0.25) is 10.0 Å². The molecule has 2 heterocycles. The van der Waals surface area contributed by atoms with E-state index >= 15 is 0 Å². The van der Waals surface area contributed by atoms with Gasteiger partial charge in [-0.2, -0.15) is 4.31 Å². The first kappa shape index (κ1) is 19.4. The molecule has 0 atom stereocenters. The van der Waals surface area contributed by atoms with Gasteiger partial charge in [0.15, 0.2) is 5.13 Å². The average molecular weight is 434 g/mol. The molecule has 1 saturated heterocycles. The molecule has 28 heavy (non-hydrogen) atoms. The van der Waals surface area contributed by atoms with Crippen molar-refractivity contribution in [2.45, 2.75) is 11.8 Å². The summed E-state index contributed by atoms with van der Waals surface area (Å²) >= 11 is 7.69. The quantitative estimate of drug-likeness (QED) is 0.616. The van der Waals surface area contributed by atoms with Gasteiger partial charge < -0.3 is 4.90 Å². The number of benzene rings is 2. The maximum atomic E-state index is 12.9. The summed E-state index contributed by atoms with van der Waals surface area (Å²) in [6, 6.07) is 14.9. The monoisotopic (exact) mass is 433 g/mol. The van der Waals surface area contributed by atoms with E-state index in [0.717, 1.165) is 16.4 Å². The number of aromatic nitrogens is 1. The Morgan fingerprint density at radius 2 is 1.68 bits per heavy atom. The Kier molecular flexibility index (Phi) is 5.42. The van der Waals surface area contributed by atoms with E-state index in [1.165, 1.54) is 9.87 Å². The summed E-state index contributed by atoms with van der Waals surface area (Å²) in [5.41, 5.74) is 3.26. The molecular formula is C20H20ClN3O2S2. The van der Waals surface area contributed by atoms with Crippen molar-refractivity contribution in [2.75, 3.05) is 31.1 Å². The van der Waals surface area contributed by atoms with Crippen LogP contribution in [-0.2, 0) is 10.0 Å². The van der Waals surface area contributed by atoms with Gasteiger partial charge >= 0.3 is 0 Å². The van der Waals surface area contributed by atoms with Crippen LogP contribution in [0.3, 0.4) is 0 Å². The summed E-state index contributed by atoms with van der Waals surface area (Å²) in [6.45, 7) is 4.08. The lowest BCUT2D eigenvalue weighted by Gasteiger charge is -2.33. The Balaban J connectivity index is 1.46. The number of hydrogen-bond acceptors (Lipinski definition) is 5. The minimum Gasteiger partial charge on any atom is -0.345 e. The van der Waals surface area contributed by atoms with Gasteiger partial charge in [0.25, 0.3) is 0 Å². The van der Waals surface area contributed by atoms with Crippen LogP contribution in [0.2, 0.25) is 5.02 Å². The fourth-order valence-corrected chi connectivity index (χ4v) is 5.98. The highest BCUT2D eigenvalue weighted by Gasteiger charge is 2.30. The second-order valence-electron chi connectivity index (χ2n) is 6.70. The first-order valence-corrected chi connectivity index (χ1v) is 11.7. The maximum Gasteiger partial charge on any atom is 0.244 e. The number of sulfonamides is 1. The highest BCUT2D eigenvalue weighted by atomic mass is 35.5. The van der Waals surface area contributed by atoms with Crippen LogP contribution in [0.25, 0.3) is 11.3 Å². The molecule has 146 valence electrons. The summed E-state index contributed by atoms with van der Waals surface area (Å²) in [5.74, 6) is 0. The Labute approximate surface area is 174 Å². The molecule has 1 aliphatic rings. The van der Waals surface area contributed by atoms with Crippen LogP contribution in [0.4, 0.5) is 5.13 Å². The van der Waals surface area contributed by atoms with Gasteiger partial charge in [-0.3, -0.25) is 0 Å². The largest absolute Gasteiger partial charge is 0.345 e. The van der Waals surface area contributed by atoms with E-state index < -0.39 is 10.0 Å². The SMILES string of the molecule is Cc1ccc(-c2csc(N3CCN(S(=O)(=O)c4ccccc4Cl)CC3)n2)cc1. The lowest BCUT2D eigenvalue weighted by molar-refractivity contribution is 0.385. The molecule has 0 saturated carbocycles. The highest BCUT2D eigenvalue weighted by Crippen LogP contribution is 2.30. The molecule has 0 aliphatic carbocycles. The van der Waals surface area contributed by atoms with E-state index in [4.69, 9.17) is 16.6 Å². The van der Waals surface area contributed by atoms with Gasteiger partial charge in [0, 0.05) is 37.1 Å². The lowest BCUT2D eigenvalue weighted by Crippen LogP contribution is -2.48. The Hall–Kier alpha value is -1.93. The number of piperazine rings is 1. The number of halogens is 1. The van der Waals surface area contributed by atoms with E-state index in [-0.39, 0.29) is 9.92 Å². The Morgan fingerprint density at radius 3 is 2.36 bits per heavy atom. The van der Waals surface area contributed by atoms with Gasteiger partial charge in [0.05, 0.1) is 10.7 Å². The number of hydrogen-bond donors (Lipinski definition) is 0. The number of nitrogens with zero attached hydrogens (tertiary/aromatic N) is 3. The van der Waals surface area contributed by atoms with Crippen molar-refractivity contribution in [3.63, 3.8) is 0 Å². The van der Waals surface area contributed by atoms with E-state index in [0.29, 0.717) is 26.2 Å². The molecule has 0 radical (unpaired) electrons. The van der Waals surface area contributed by atoms with Gasteiger partial charge in [0.1, 0.15) is 4.90 Å². The van der Waals surface area contributed by atoms with E-state index in [1.807, 2.05) is 5.38 Å². The second kappa shape index (κ2) is 7.83. The topological polar surface area (TPSA) is 53.5 Å². The minimum atomic E-state index is -3.58. The molecule has 1 aromatic heterocycles. The van der Waals surface area contributed by atoms with Crippen LogP contribution in [0.1, 0.15) is 5.56 Å². The first-order valence-electron chi connectivity index (χ1n) is 8.97. The van der Waals surface area contributed by atoms with Crippen LogP contribution in [0, 0.1) is 6.92 Å². The molecule has 0 amide bonds. The molecule has 2 aromatic carbocycles. The lowest BCUT2D eigenvalue weighted by atomic mass is 10.1. The van der Waals surface area contributed by atoms with Gasteiger partial charge in [-0.05, 0) is 19.1 Å². The molecule has 0 unspecified atom stereocenters. The summed E-state index contributed by atoms with van der Waals surface area (Å²) in [5, 5.41) is 3.23. The molecule has 0 spiro atoms. The molecular weight excluding hydrogens is 414 g/mol. The highest BCUT2D eigenvalue weighted by molar-refractivity contribution is 7.89. The fourth-order valence-electron chi connectivity index (χ4n) is 3.18. The van der Waals surface area contributed by atoms with Crippen LogP contribution in [0.5, 0.6) is 0 Å². The molecule has 8 heteroatoms. The smallest absolute Gasteiger partial charge is 0.244 e. The molecule has 5 nitrogen and oxygen atoms in total. The van der Waals surface area contributed by atoms with Crippen molar-refractivity contribution in [1.82, 2.24) is 9.29 Å². The summed E-state index contributed by atoms with van der Waals surface area (Å²) in [4.78, 5) is 7.06. The van der Waals surface area contributed by atoms with Crippen molar-refractivity contribution in [2.24, 2.45) is 0 Å². The first-order chi connectivity index (χ1) is 13.4. The standard InChI is InChI=1S/C20H20ClN3O2S2/c1-15-6-8-16(9-7-15)18-14-27-20(22-18)23-10-12-24(13-11-23)28(25,26)19-5-3-2-4-17(19)21/h2-9,14H,10-13H2,1H3. The Bertz CT molecular complexity index is 1070. The van der Waals surface area contributed by atoms with Gasteiger partial charge in [-0.15, -0.1) is 11.3 Å². The van der Waals surface area contributed by atoms with Crippen molar-refractivity contribution >= 4 is 38.1 Å². The van der Waals surface area contributed by atoms with Crippen molar-refractivity contribution in [3.8, 4) is 11.3 Å². The summed E-state index contributed by atoms with van der Waals surface area (Å²) in [7, 11) is -3.58. The average Bonchev–Trinajstić information content (AvgIpc) is 3.19. The summed E-state index contributed by atoms with van der Waals surface area (Å²) < 4.78 is 27.3. The zero-order valence-electron chi connectivity index (χ0n) is 15.4. The van der Waals surface area contributed by atoms with E-state index in [9.17, 15) is 8.42 Å². The van der Waals surface area contributed by atoms with Crippen molar-refractivity contribution in [1.29, 1.82) is 0 Å². The number of aryl methyl sites for hydroxylation is 1. The number of thiazole rings is 1. The van der Waals surface area contributed by atoms with Crippen LogP contribution in [0.15, 0.2) is 58.8 Å². The fraction of sp³-hybridized carbons (Fsp3) is 0.250. The van der Waals surface area contributed by atoms with Crippen molar-refractivity contribution < 1.29 is 8.42 Å².